The van der Waals surface area contributed by atoms with Crippen molar-refractivity contribution in [2.75, 3.05) is 5.75 Å². The van der Waals surface area contributed by atoms with Crippen LogP contribution in [0, 0.1) is 0 Å². The van der Waals surface area contributed by atoms with Gasteiger partial charge in [-0.05, 0) is 42.0 Å². The lowest BCUT2D eigenvalue weighted by Gasteiger charge is -2.17. The number of carbonyl (C=O) groups excluding carboxylic acids is 2. The number of hydroxylamine groups is 1. The largest absolute Gasteiger partial charge is 0.457 e. The normalized spacial score (nSPS) is 11.8. The summed E-state index contributed by atoms with van der Waals surface area (Å²) in [7, 11) is -4.01. The van der Waals surface area contributed by atoms with Gasteiger partial charge in [-0.25, -0.2) is 18.7 Å². The van der Waals surface area contributed by atoms with Gasteiger partial charge in [0.15, 0.2) is 9.84 Å². The summed E-state index contributed by atoms with van der Waals surface area (Å²) in [6.45, 7) is -0.0736. The zero-order chi connectivity index (χ0) is 23.7. The number of benzene rings is 3. The first-order valence-electron chi connectivity index (χ1n) is 9.84. The quantitative estimate of drug-likeness (QED) is 0.324. The van der Waals surface area contributed by atoms with Gasteiger partial charge in [-0.1, -0.05) is 48.5 Å². The fraction of sp³-hybridized carbons (Fsp3) is 0.130. The van der Waals surface area contributed by atoms with E-state index in [0.29, 0.717) is 17.1 Å². The second-order valence-corrected chi connectivity index (χ2v) is 8.94. The number of carbonyl (C=O) groups is 2. The number of nitrogens with one attached hydrogen (secondary N) is 2. The Bertz CT molecular complexity index is 1170. The first kappa shape index (κ1) is 23.8. The second kappa shape index (κ2) is 11.1. The average molecular weight is 471 g/mol. The van der Waals surface area contributed by atoms with Crippen LogP contribution in [0.25, 0.3) is 0 Å². The highest BCUT2D eigenvalue weighted by Crippen LogP contribution is 2.23. The fourth-order valence-corrected chi connectivity index (χ4v) is 4.24. The molecule has 0 heterocycles. The third-order valence-electron chi connectivity index (χ3n) is 4.48. The van der Waals surface area contributed by atoms with Gasteiger partial charge in [0.05, 0.1) is 10.6 Å². The molecule has 0 unspecified atom stereocenters. The van der Waals surface area contributed by atoms with Gasteiger partial charge in [-0.15, -0.1) is 0 Å². The maximum absolute atomic E-state index is 12.8. The molecule has 0 fully saturated rings. The van der Waals surface area contributed by atoms with E-state index in [1.165, 1.54) is 29.7 Å². The van der Waals surface area contributed by atoms with Crippen molar-refractivity contribution in [3.8, 4) is 11.5 Å². The number of para-hydroxylation sites is 1. The Balaban J connectivity index is 1.64. The molecule has 33 heavy (non-hydrogen) atoms. The van der Waals surface area contributed by atoms with Gasteiger partial charge >= 0.3 is 6.09 Å². The molecule has 0 saturated heterocycles. The van der Waals surface area contributed by atoms with Crippen LogP contribution in [0.2, 0.25) is 0 Å². The maximum atomic E-state index is 12.8. The summed E-state index contributed by atoms with van der Waals surface area (Å²) >= 11 is 0. The zero-order valence-electron chi connectivity index (χ0n) is 17.4. The Morgan fingerprint density at radius 3 is 2.03 bits per heavy atom. The number of amides is 2. The van der Waals surface area contributed by atoms with Crippen molar-refractivity contribution in [3.63, 3.8) is 0 Å². The van der Waals surface area contributed by atoms with Crippen LogP contribution in [-0.2, 0) is 26.0 Å². The first-order valence-corrected chi connectivity index (χ1v) is 11.5. The van der Waals surface area contributed by atoms with Crippen molar-refractivity contribution >= 4 is 21.8 Å². The molecule has 0 aliphatic carbocycles. The number of hydrogen-bond acceptors (Lipinski definition) is 7. The van der Waals surface area contributed by atoms with E-state index in [-0.39, 0.29) is 11.5 Å². The maximum Gasteiger partial charge on any atom is 0.408 e. The summed E-state index contributed by atoms with van der Waals surface area (Å²) in [5.41, 5.74) is 2.07. The predicted molar refractivity (Wildman–Crippen MR) is 118 cm³/mol. The van der Waals surface area contributed by atoms with E-state index in [1.807, 2.05) is 6.07 Å². The van der Waals surface area contributed by atoms with Crippen LogP contribution in [0.5, 0.6) is 11.5 Å². The van der Waals surface area contributed by atoms with Crippen LogP contribution >= 0.6 is 0 Å². The highest BCUT2D eigenvalue weighted by Gasteiger charge is 2.29. The van der Waals surface area contributed by atoms with Crippen LogP contribution in [0.4, 0.5) is 4.79 Å². The Morgan fingerprint density at radius 2 is 1.42 bits per heavy atom. The topological polar surface area (TPSA) is 131 Å². The summed E-state index contributed by atoms with van der Waals surface area (Å²) in [5.74, 6) is -0.878. The fourth-order valence-electron chi connectivity index (χ4n) is 2.82. The molecular formula is C23H22N2O7S. The van der Waals surface area contributed by atoms with Gasteiger partial charge in [0.2, 0.25) is 0 Å². The minimum Gasteiger partial charge on any atom is -0.457 e. The Labute approximate surface area is 190 Å². The molecule has 0 aliphatic rings. The molecule has 3 rings (SSSR count). The molecule has 3 N–H and O–H groups in total. The molecule has 1 atom stereocenters. The number of hydrogen-bond donors (Lipinski definition) is 3. The van der Waals surface area contributed by atoms with E-state index >= 15 is 0 Å². The van der Waals surface area contributed by atoms with Gasteiger partial charge in [0.1, 0.15) is 24.1 Å². The monoisotopic (exact) mass is 470 g/mol. The molecule has 10 heteroatoms. The third-order valence-corrected chi connectivity index (χ3v) is 6.24. The molecule has 3 aromatic rings. The van der Waals surface area contributed by atoms with Crippen LogP contribution in [0.1, 0.15) is 5.56 Å². The summed E-state index contributed by atoms with van der Waals surface area (Å²) in [5, 5.41) is 11.1. The van der Waals surface area contributed by atoms with Gasteiger partial charge in [-0.3, -0.25) is 10.0 Å². The van der Waals surface area contributed by atoms with E-state index < -0.39 is 33.6 Å². The summed E-state index contributed by atoms with van der Waals surface area (Å²) in [6.07, 6.45) is -1.01. The highest BCUT2D eigenvalue weighted by molar-refractivity contribution is 7.91. The van der Waals surface area contributed by atoms with E-state index in [9.17, 15) is 18.0 Å². The second-order valence-electron chi connectivity index (χ2n) is 6.90. The summed E-state index contributed by atoms with van der Waals surface area (Å²) in [6, 6.07) is 21.8. The van der Waals surface area contributed by atoms with Crippen molar-refractivity contribution < 1.29 is 32.7 Å². The number of sulfone groups is 1. The molecule has 0 aliphatic heterocycles. The van der Waals surface area contributed by atoms with Gasteiger partial charge in [-0.2, -0.15) is 0 Å². The van der Waals surface area contributed by atoms with Gasteiger partial charge < -0.3 is 14.8 Å². The number of alkyl carbamates (subject to hydrolysis) is 1. The zero-order valence-corrected chi connectivity index (χ0v) is 18.2. The third kappa shape index (κ3) is 7.06. The molecular weight excluding hydrogens is 448 g/mol. The van der Waals surface area contributed by atoms with Crippen LogP contribution in [0.15, 0.2) is 89.8 Å². The molecule has 0 spiro atoms. The van der Waals surface area contributed by atoms with E-state index in [4.69, 9.17) is 14.7 Å². The standard InChI is InChI=1S/C23H22N2O7S/c26-22(25-28)21(24-23(27)31-15-17-7-3-1-4-8-17)16-33(29,30)20-13-11-19(12-14-20)32-18-9-5-2-6-10-18/h1-14,21,28H,15-16H2,(H,24,27)(H,25,26)/t21-/m0/s1. The van der Waals surface area contributed by atoms with Crippen molar-refractivity contribution in [2.24, 2.45) is 0 Å². The Kier molecular flexibility index (Phi) is 8.01. The average Bonchev–Trinajstić information content (AvgIpc) is 2.83. The predicted octanol–water partition coefficient (Wildman–Crippen LogP) is 3.05. The lowest BCUT2D eigenvalue weighted by atomic mass is 10.2. The molecule has 0 radical (unpaired) electrons. The molecule has 172 valence electrons. The smallest absolute Gasteiger partial charge is 0.408 e. The SMILES string of the molecule is O=C(N[C@@H](CS(=O)(=O)c1ccc(Oc2ccccc2)cc1)C(=O)NO)OCc1ccccc1. The van der Waals surface area contributed by atoms with Crippen LogP contribution in [0.3, 0.4) is 0 Å². The molecule has 2 amide bonds. The van der Waals surface area contributed by atoms with Gasteiger partial charge in [0, 0.05) is 0 Å². The van der Waals surface area contributed by atoms with E-state index in [2.05, 4.69) is 5.32 Å². The van der Waals surface area contributed by atoms with E-state index in [1.54, 1.807) is 54.6 Å². The molecule has 9 nitrogen and oxygen atoms in total. The molecule has 0 saturated carbocycles. The van der Waals surface area contributed by atoms with Crippen LogP contribution < -0.4 is 15.5 Å². The minimum atomic E-state index is -4.01. The summed E-state index contributed by atoms with van der Waals surface area (Å²) < 4.78 is 36.3. The Morgan fingerprint density at radius 1 is 0.848 bits per heavy atom. The Hall–Kier alpha value is -3.89. The lowest BCUT2D eigenvalue weighted by Crippen LogP contribution is -2.49. The molecule has 3 aromatic carbocycles. The lowest BCUT2D eigenvalue weighted by molar-refractivity contribution is -0.130. The number of rotatable bonds is 9. The summed E-state index contributed by atoms with van der Waals surface area (Å²) in [4.78, 5) is 24.0. The highest BCUT2D eigenvalue weighted by atomic mass is 32.2. The number of ether oxygens (including phenoxy) is 2. The van der Waals surface area contributed by atoms with Crippen LogP contribution in [-0.4, -0.2) is 37.4 Å². The minimum absolute atomic E-state index is 0.0736. The van der Waals surface area contributed by atoms with Crippen molar-refractivity contribution in [3.05, 3.63) is 90.5 Å². The first-order chi connectivity index (χ1) is 15.9. The molecule has 0 aromatic heterocycles. The van der Waals surface area contributed by atoms with Gasteiger partial charge in [0.25, 0.3) is 5.91 Å². The van der Waals surface area contributed by atoms with Crippen molar-refractivity contribution in [1.29, 1.82) is 0 Å². The molecule has 0 bridgehead atoms. The van der Waals surface area contributed by atoms with Crippen molar-refractivity contribution in [2.45, 2.75) is 17.5 Å². The van der Waals surface area contributed by atoms with Crippen molar-refractivity contribution in [1.82, 2.24) is 10.8 Å². The van der Waals surface area contributed by atoms with E-state index in [0.717, 1.165) is 0 Å².